The van der Waals surface area contributed by atoms with Crippen LogP contribution in [-0.2, 0) is 0 Å². The predicted octanol–water partition coefficient (Wildman–Crippen LogP) is 21.9. The zero-order valence-corrected chi connectivity index (χ0v) is 50.9. The summed E-state index contributed by atoms with van der Waals surface area (Å²) >= 11 is 0. The molecule has 5 aromatic heterocycles. The van der Waals surface area contributed by atoms with Gasteiger partial charge in [0.2, 0.25) is 0 Å². The first-order valence-electron chi connectivity index (χ1n) is 31.0. The van der Waals surface area contributed by atoms with Crippen LogP contribution in [-0.4, -0.2) is 23.3 Å². The van der Waals surface area contributed by atoms with Crippen LogP contribution >= 0.6 is 0 Å². The first-order valence-corrected chi connectivity index (χ1v) is 31.0. The monoisotopic (exact) mass is 1150 g/mol. The molecule has 0 fully saturated rings. The summed E-state index contributed by atoms with van der Waals surface area (Å²) in [5.41, 5.74) is 26.5. The second-order valence-electron chi connectivity index (χ2n) is 24.7. The van der Waals surface area contributed by atoms with Crippen LogP contribution in [0.4, 0.5) is 0 Å². The standard InChI is InChI=1S/C84H60N6/c1-50-25-33-72-61(41-50)62-42-51(2)26-34-73(62)88(72)82-69(49-85)81(87-78-39-31-59(56-17-10-7-11-18-56)47-67(78)68-48-60(32-40-79(68)87)57-19-12-8-13-20-57)80(71-24-16-23-70(86-71)58-21-14-9-15-22-58)83(89-74-35-27-52(3)43-63(74)64-44-53(4)28-36-75(64)89)84(82)90-76-37-29-54(5)45-65(76)66-46-55(6)30-38-77(66)90/h7-48H,1-6H3. The Morgan fingerprint density at radius 1 is 0.256 bits per heavy atom. The third-order valence-corrected chi connectivity index (χ3v) is 18.7. The number of aromatic nitrogens is 5. The van der Waals surface area contributed by atoms with E-state index in [1.807, 2.05) is 0 Å². The SMILES string of the molecule is Cc1ccc2c(c1)c1cc(C)ccc1n2-c1c(C#N)c(-n2c3ccc(-c4ccccc4)cc3c3cc(-c4ccccc4)ccc32)c(-c2cccc(-c3ccccc3)n2)c(-n2c3ccc(C)cc3c3cc(C)ccc32)c1-n1c2ccc(C)cc2c2cc(C)ccc21. The van der Waals surface area contributed by atoms with Crippen LogP contribution in [0.25, 0.3) is 155 Å². The summed E-state index contributed by atoms with van der Waals surface area (Å²) in [6.45, 7) is 13.1. The first-order chi connectivity index (χ1) is 44.1. The van der Waals surface area contributed by atoms with Gasteiger partial charge in [-0.15, -0.1) is 0 Å². The van der Waals surface area contributed by atoms with Gasteiger partial charge in [-0.25, -0.2) is 4.98 Å². The lowest BCUT2D eigenvalue weighted by atomic mass is 9.95. The number of hydrogen-bond acceptors (Lipinski definition) is 2. The molecule has 426 valence electrons. The van der Waals surface area contributed by atoms with E-state index < -0.39 is 0 Å². The van der Waals surface area contributed by atoms with Gasteiger partial charge < -0.3 is 18.3 Å². The molecule has 12 aromatic carbocycles. The van der Waals surface area contributed by atoms with Crippen molar-refractivity contribution in [3.05, 3.63) is 294 Å². The minimum Gasteiger partial charge on any atom is -0.307 e. The molecule has 17 aromatic rings. The van der Waals surface area contributed by atoms with E-state index in [9.17, 15) is 5.26 Å². The van der Waals surface area contributed by atoms with Crippen molar-refractivity contribution in [2.45, 2.75) is 41.5 Å². The average molecular weight is 1150 g/mol. The first kappa shape index (κ1) is 52.8. The molecule has 17 rings (SSSR count). The fraction of sp³-hybridized carbons (Fsp3) is 0.0714. The number of nitriles is 1. The van der Waals surface area contributed by atoms with E-state index in [0.29, 0.717) is 5.56 Å². The highest BCUT2D eigenvalue weighted by molar-refractivity contribution is 6.18. The Morgan fingerprint density at radius 3 is 0.922 bits per heavy atom. The van der Waals surface area contributed by atoms with E-state index >= 15 is 0 Å². The third-order valence-electron chi connectivity index (χ3n) is 18.7. The number of aryl methyl sites for hydroxylation is 6. The van der Waals surface area contributed by atoms with Crippen LogP contribution in [0.2, 0.25) is 0 Å². The molecule has 0 aliphatic heterocycles. The van der Waals surface area contributed by atoms with Crippen LogP contribution in [0, 0.1) is 52.9 Å². The van der Waals surface area contributed by atoms with Crippen molar-refractivity contribution in [2.24, 2.45) is 0 Å². The van der Waals surface area contributed by atoms with E-state index in [0.717, 1.165) is 177 Å². The zero-order valence-electron chi connectivity index (χ0n) is 50.9. The van der Waals surface area contributed by atoms with E-state index in [1.165, 1.54) is 11.1 Å². The lowest BCUT2D eigenvalue weighted by Gasteiger charge is -2.29. The van der Waals surface area contributed by atoms with Crippen LogP contribution in [0.15, 0.2) is 255 Å². The lowest BCUT2D eigenvalue weighted by molar-refractivity contribution is 1.03. The van der Waals surface area contributed by atoms with Gasteiger partial charge in [0.15, 0.2) is 0 Å². The molecular weight excluding hydrogens is 1090 g/mol. The molecule has 6 heteroatoms. The molecule has 0 N–H and O–H groups in total. The topological polar surface area (TPSA) is 56.4 Å². The van der Waals surface area contributed by atoms with E-state index in [-0.39, 0.29) is 0 Å². The molecule has 0 atom stereocenters. The second kappa shape index (κ2) is 20.3. The largest absolute Gasteiger partial charge is 0.307 e. The van der Waals surface area contributed by atoms with Gasteiger partial charge in [0, 0.05) is 48.7 Å². The molecular formula is C84H60N6. The van der Waals surface area contributed by atoms with Gasteiger partial charge in [-0.2, -0.15) is 5.26 Å². The van der Waals surface area contributed by atoms with Crippen molar-refractivity contribution >= 4 is 87.2 Å². The Hall–Kier alpha value is -11.5. The van der Waals surface area contributed by atoms with Gasteiger partial charge >= 0.3 is 0 Å². The quantitative estimate of drug-likeness (QED) is 0.152. The van der Waals surface area contributed by atoms with E-state index in [1.54, 1.807) is 0 Å². The molecule has 0 saturated heterocycles. The summed E-state index contributed by atoms with van der Waals surface area (Å²) in [5.74, 6) is 0. The Kier molecular flexibility index (Phi) is 11.9. The molecule has 6 nitrogen and oxygen atoms in total. The molecule has 0 bridgehead atoms. The zero-order chi connectivity index (χ0) is 60.6. The average Bonchev–Trinajstić information content (AvgIpc) is 1.43. The number of nitrogens with zero attached hydrogens (tertiary/aromatic N) is 6. The van der Waals surface area contributed by atoms with Crippen LogP contribution < -0.4 is 0 Å². The predicted molar refractivity (Wildman–Crippen MR) is 376 cm³/mol. The number of fused-ring (bicyclic) bond motifs is 12. The second-order valence-corrected chi connectivity index (χ2v) is 24.7. The van der Waals surface area contributed by atoms with E-state index in [4.69, 9.17) is 4.98 Å². The molecule has 0 saturated carbocycles. The number of benzene rings is 12. The highest BCUT2D eigenvalue weighted by Crippen LogP contribution is 2.52. The van der Waals surface area contributed by atoms with Gasteiger partial charge in [0.25, 0.3) is 0 Å². The van der Waals surface area contributed by atoms with Gasteiger partial charge in [-0.05, 0) is 173 Å². The van der Waals surface area contributed by atoms with Gasteiger partial charge in [0.1, 0.15) is 11.6 Å². The maximum absolute atomic E-state index is 13.3. The number of hydrogen-bond donors (Lipinski definition) is 0. The van der Waals surface area contributed by atoms with Gasteiger partial charge in [0.05, 0.1) is 83.8 Å². The number of pyridine rings is 1. The molecule has 0 aliphatic carbocycles. The van der Waals surface area contributed by atoms with Crippen molar-refractivity contribution in [3.63, 3.8) is 0 Å². The molecule has 0 unspecified atom stereocenters. The molecule has 0 spiro atoms. The van der Waals surface area contributed by atoms with Crippen LogP contribution in [0.5, 0.6) is 0 Å². The fourth-order valence-electron chi connectivity index (χ4n) is 14.6. The third kappa shape index (κ3) is 8.06. The Morgan fingerprint density at radius 2 is 0.556 bits per heavy atom. The summed E-state index contributed by atoms with van der Waals surface area (Å²) in [7, 11) is 0. The summed E-state index contributed by atoms with van der Waals surface area (Å²) < 4.78 is 9.86. The molecule has 0 aliphatic rings. The molecule has 0 amide bonds. The Balaban J connectivity index is 1.20. The van der Waals surface area contributed by atoms with Crippen LogP contribution in [0.1, 0.15) is 38.9 Å². The maximum atomic E-state index is 13.3. The van der Waals surface area contributed by atoms with Crippen LogP contribution in [0.3, 0.4) is 0 Å². The summed E-state index contributed by atoms with van der Waals surface area (Å²) in [5, 5.41) is 22.2. The highest BCUT2D eigenvalue weighted by Gasteiger charge is 2.36. The minimum absolute atomic E-state index is 0.496. The van der Waals surface area contributed by atoms with Gasteiger partial charge in [-0.1, -0.05) is 179 Å². The van der Waals surface area contributed by atoms with Crippen molar-refractivity contribution in [2.75, 3.05) is 0 Å². The van der Waals surface area contributed by atoms with Crippen molar-refractivity contribution < 1.29 is 0 Å². The summed E-state index contributed by atoms with van der Waals surface area (Å²) in [6, 6.07) is 96.3. The van der Waals surface area contributed by atoms with Crippen molar-refractivity contribution in [1.82, 2.24) is 23.3 Å². The summed E-state index contributed by atoms with van der Waals surface area (Å²) in [6.07, 6.45) is 0. The van der Waals surface area contributed by atoms with Crippen molar-refractivity contribution in [1.29, 1.82) is 5.26 Å². The molecule has 5 heterocycles. The van der Waals surface area contributed by atoms with Gasteiger partial charge in [-0.3, -0.25) is 0 Å². The maximum Gasteiger partial charge on any atom is 0.104 e. The molecule has 90 heavy (non-hydrogen) atoms. The Bertz CT molecular complexity index is 5630. The lowest BCUT2D eigenvalue weighted by Crippen LogP contribution is -2.17. The van der Waals surface area contributed by atoms with Crippen molar-refractivity contribution in [3.8, 4) is 73.6 Å². The fourth-order valence-corrected chi connectivity index (χ4v) is 14.6. The minimum atomic E-state index is 0.496. The highest BCUT2D eigenvalue weighted by atomic mass is 15.1. The number of rotatable bonds is 8. The summed E-state index contributed by atoms with van der Waals surface area (Å²) in [4.78, 5) is 5.92. The van der Waals surface area contributed by atoms with E-state index in [2.05, 4.69) is 321 Å². The normalized spacial score (nSPS) is 11.9. The Labute approximate surface area is 521 Å². The molecule has 0 radical (unpaired) electrons. The smallest absolute Gasteiger partial charge is 0.104 e.